The number of benzene rings is 2. The van der Waals surface area contributed by atoms with Gasteiger partial charge in [-0.15, -0.1) is 0 Å². The van der Waals surface area contributed by atoms with Crippen LogP contribution >= 0.6 is 0 Å². The summed E-state index contributed by atoms with van der Waals surface area (Å²) in [6.45, 7) is 2.40. The van der Waals surface area contributed by atoms with Gasteiger partial charge in [0, 0.05) is 30.0 Å². The van der Waals surface area contributed by atoms with Crippen LogP contribution in [0.15, 0.2) is 42.5 Å². The lowest BCUT2D eigenvalue weighted by molar-refractivity contribution is -0.0406. The van der Waals surface area contributed by atoms with E-state index in [9.17, 15) is 17.9 Å². The van der Waals surface area contributed by atoms with E-state index in [4.69, 9.17) is 4.74 Å². The van der Waals surface area contributed by atoms with Crippen LogP contribution in [0.25, 0.3) is 0 Å². The van der Waals surface area contributed by atoms with Gasteiger partial charge in [0.25, 0.3) is 0 Å². The lowest BCUT2D eigenvalue weighted by Gasteiger charge is -2.37. The van der Waals surface area contributed by atoms with Gasteiger partial charge >= 0.3 is 0 Å². The molecule has 0 amide bonds. The third kappa shape index (κ3) is 4.59. The lowest BCUT2D eigenvalue weighted by atomic mass is 9.87. The zero-order valence-corrected chi connectivity index (χ0v) is 18.9. The summed E-state index contributed by atoms with van der Waals surface area (Å²) in [5, 5.41) is 9.02. The largest absolute Gasteiger partial charge is 0.396 e. The van der Waals surface area contributed by atoms with E-state index in [0.29, 0.717) is 38.0 Å². The van der Waals surface area contributed by atoms with E-state index in [1.54, 1.807) is 31.2 Å². The van der Waals surface area contributed by atoms with Gasteiger partial charge in [0.05, 0.1) is 19.8 Å². The summed E-state index contributed by atoms with van der Waals surface area (Å²) in [5.41, 5.74) is 0.827. The molecule has 2 aliphatic heterocycles. The lowest BCUT2D eigenvalue weighted by Crippen LogP contribution is -2.44. The van der Waals surface area contributed by atoms with Crippen LogP contribution in [0.2, 0.25) is 0 Å². The first-order chi connectivity index (χ1) is 15.3. The molecule has 0 unspecified atom stereocenters. The number of ether oxygens (including phenoxy) is 1. The van der Waals surface area contributed by atoms with Crippen LogP contribution < -0.4 is 0 Å². The molecule has 2 heterocycles. The van der Waals surface area contributed by atoms with E-state index in [1.807, 2.05) is 6.07 Å². The van der Waals surface area contributed by atoms with E-state index >= 15 is 4.39 Å². The number of aliphatic hydroxyl groups excluding tert-OH is 1. The molecule has 2 aromatic carbocycles. The van der Waals surface area contributed by atoms with Gasteiger partial charge in [-0.1, -0.05) is 30.3 Å². The molecule has 5 nitrogen and oxygen atoms in total. The Labute approximate surface area is 188 Å². The van der Waals surface area contributed by atoms with Crippen molar-refractivity contribution in [3.63, 3.8) is 0 Å². The average molecular weight is 466 g/mol. The van der Waals surface area contributed by atoms with E-state index in [2.05, 4.69) is 0 Å². The van der Waals surface area contributed by atoms with E-state index in [-0.39, 0.29) is 36.2 Å². The van der Waals surface area contributed by atoms with Crippen LogP contribution in [-0.2, 0) is 21.3 Å². The minimum absolute atomic E-state index is 0.000876. The van der Waals surface area contributed by atoms with Crippen molar-refractivity contribution in [2.24, 2.45) is 5.92 Å². The van der Waals surface area contributed by atoms with Crippen LogP contribution in [0.5, 0.6) is 0 Å². The van der Waals surface area contributed by atoms with Gasteiger partial charge in [0.2, 0.25) is 10.0 Å². The van der Waals surface area contributed by atoms with Crippen molar-refractivity contribution in [3.8, 4) is 0 Å². The van der Waals surface area contributed by atoms with Crippen LogP contribution in [0.1, 0.15) is 54.0 Å². The molecule has 0 spiro atoms. The number of hydrogen-bond donors (Lipinski definition) is 1. The maximum absolute atomic E-state index is 15.0. The topological polar surface area (TPSA) is 66.8 Å². The molecule has 2 saturated heterocycles. The summed E-state index contributed by atoms with van der Waals surface area (Å²) >= 11 is 0. The van der Waals surface area contributed by atoms with Crippen LogP contribution in [0.3, 0.4) is 0 Å². The summed E-state index contributed by atoms with van der Waals surface area (Å²) in [5.74, 6) is -1.58. The summed E-state index contributed by atoms with van der Waals surface area (Å²) < 4.78 is 63.1. The Hall–Kier alpha value is -1.87. The van der Waals surface area contributed by atoms with Crippen molar-refractivity contribution in [1.82, 2.24) is 4.31 Å². The molecule has 3 atom stereocenters. The predicted octanol–water partition coefficient (Wildman–Crippen LogP) is 4.13. The SMILES string of the molecule is C[C@H]1CC[C@H](c2ccccc2)S(=O)(=O)N1Cc1cc(F)c([C@@H](CO)CC2COC2)cc1F. The van der Waals surface area contributed by atoms with Gasteiger partial charge in [0.15, 0.2) is 0 Å². The third-order valence-corrected chi connectivity index (χ3v) is 9.04. The Kier molecular flexibility index (Phi) is 6.95. The van der Waals surface area contributed by atoms with Crippen molar-refractivity contribution in [2.75, 3.05) is 19.8 Å². The summed E-state index contributed by atoms with van der Waals surface area (Å²) in [6, 6.07) is 10.9. The standard InChI is InChI=1S/C24H29F2NO4S/c1-16-7-8-24(18-5-3-2-4-6-18)32(29,30)27(16)12-19-10-23(26)21(11-22(19)25)20(13-28)9-17-14-31-15-17/h2-6,10-11,16-17,20,24,28H,7-9,12-15H2,1H3/t16-,20+,24+/m0/s1. The second-order valence-electron chi connectivity index (χ2n) is 8.90. The minimum atomic E-state index is -3.75. The first kappa shape index (κ1) is 23.3. The molecule has 32 heavy (non-hydrogen) atoms. The fourth-order valence-electron chi connectivity index (χ4n) is 4.68. The smallest absolute Gasteiger partial charge is 0.221 e. The summed E-state index contributed by atoms with van der Waals surface area (Å²) in [6.07, 6.45) is 1.64. The second-order valence-corrected chi connectivity index (χ2v) is 11.0. The van der Waals surface area contributed by atoms with Gasteiger partial charge in [-0.25, -0.2) is 17.2 Å². The molecule has 2 aliphatic rings. The van der Waals surface area contributed by atoms with Gasteiger partial charge in [-0.3, -0.25) is 0 Å². The fourth-order valence-corrected chi connectivity index (χ4v) is 6.87. The molecule has 0 radical (unpaired) electrons. The van der Waals surface area contributed by atoms with E-state index in [0.717, 1.165) is 12.1 Å². The second kappa shape index (κ2) is 9.55. The van der Waals surface area contributed by atoms with Gasteiger partial charge < -0.3 is 9.84 Å². The highest BCUT2D eigenvalue weighted by Gasteiger charge is 2.40. The molecule has 0 bridgehead atoms. The van der Waals surface area contributed by atoms with Crippen molar-refractivity contribution in [3.05, 3.63) is 70.8 Å². The van der Waals surface area contributed by atoms with Crippen molar-refractivity contribution in [2.45, 2.75) is 49.9 Å². The van der Waals surface area contributed by atoms with Gasteiger partial charge in [0.1, 0.15) is 16.9 Å². The predicted molar refractivity (Wildman–Crippen MR) is 117 cm³/mol. The van der Waals surface area contributed by atoms with Crippen molar-refractivity contribution in [1.29, 1.82) is 0 Å². The number of hydrogen-bond acceptors (Lipinski definition) is 4. The van der Waals surface area contributed by atoms with Crippen LogP contribution in [-0.4, -0.2) is 43.7 Å². The number of sulfonamides is 1. The molecule has 1 N–H and O–H groups in total. The molecule has 0 saturated carbocycles. The van der Waals surface area contributed by atoms with Crippen LogP contribution in [0, 0.1) is 17.6 Å². The van der Waals surface area contributed by atoms with Gasteiger partial charge in [-0.2, -0.15) is 4.31 Å². The molecular formula is C24H29F2NO4S. The Morgan fingerprint density at radius 1 is 1.12 bits per heavy atom. The van der Waals surface area contributed by atoms with Crippen molar-refractivity contribution < 1.29 is 27.0 Å². The zero-order chi connectivity index (χ0) is 22.9. The minimum Gasteiger partial charge on any atom is -0.396 e. The molecule has 0 aromatic heterocycles. The first-order valence-corrected chi connectivity index (χ1v) is 12.5. The molecule has 174 valence electrons. The Bertz CT molecular complexity index is 1040. The molecule has 8 heteroatoms. The molecule has 2 aromatic rings. The molecule has 0 aliphatic carbocycles. The highest BCUT2D eigenvalue weighted by Crippen LogP contribution is 2.38. The van der Waals surface area contributed by atoms with Crippen molar-refractivity contribution >= 4 is 10.0 Å². The van der Waals surface area contributed by atoms with Crippen LogP contribution in [0.4, 0.5) is 8.78 Å². The average Bonchev–Trinajstić information content (AvgIpc) is 2.73. The Morgan fingerprint density at radius 3 is 2.47 bits per heavy atom. The van der Waals surface area contributed by atoms with E-state index in [1.165, 1.54) is 4.31 Å². The number of rotatable bonds is 7. The zero-order valence-electron chi connectivity index (χ0n) is 18.1. The normalized spacial score (nSPS) is 24.8. The summed E-state index contributed by atoms with van der Waals surface area (Å²) in [7, 11) is -3.75. The maximum Gasteiger partial charge on any atom is 0.221 e. The summed E-state index contributed by atoms with van der Waals surface area (Å²) in [4.78, 5) is 0. The number of halogens is 2. The first-order valence-electron chi connectivity index (χ1n) is 11.0. The highest BCUT2D eigenvalue weighted by atomic mass is 32.2. The molecule has 4 rings (SSSR count). The quantitative estimate of drug-likeness (QED) is 0.668. The Balaban J connectivity index is 1.59. The number of aliphatic hydroxyl groups is 1. The van der Waals surface area contributed by atoms with Gasteiger partial charge in [-0.05, 0) is 49.4 Å². The highest BCUT2D eigenvalue weighted by molar-refractivity contribution is 7.89. The maximum atomic E-state index is 15.0. The monoisotopic (exact) mass is 465 g/mol. The molecule has 2 fully saturated rings. The third-order valence-electron chi connectivity index (χ3n) is 6.67. The molecular weight excluding hydrogens is 436 g/mol. The Morgan fingerprint density at radius 2 is 1.84 bits per heavy atom. The fraction of sp³-hybridized carbons (Fsp3) is 0.500. The van der Waals surface area contributed by atoms with E-state index < -0.39 is 32.8 Å². The number of nitrogens with zero attached hydrogens (tertiary/aromatic N) is 1.